The van der Waals surface area contributed by atoms with Crippen molar-refractivity contribution in [3.05, 3.63) is 0 Å². The first-order valence-electron chi connectivity index (χ1n) is 4.96. The third-order valence-electron chi connectivity index (χ3n) is 1.64. The lowest BCUT2D eigenvalue weighted by Gasteiger charge is -2.17. The number of aliphatic hydroxyl groups excluding tert-OH is 1. The summed E-state index contributed by atoms with van der Waals surface area (Å²) in [6.45, 7) is 7.03. The first kappa shape index (κ1) is 13.8. The molecule has 0 amide bonds. The molecule has 0 aliphatic carbocycles. The summed E-state index contributed by atoms with van der Waals surface area (Å²) in [6, 6.07) is 0. The fourth-order valence-electron chi connectivity index (χ4n) is 0.934. The van der Waals surface area contributed by atoms with Crippen molar-refractivity contribution in [3.8, 4) is 0 Å². The molecule has 0 aromatic heterocycles. The Hall–Kier alpha value is -0.160. The summed E-state index contributed by atoms with van der Waals surface area (Å²) in [5, 5.41) is 8.98. The first-order valence-corrected chi connectivity index (χ1v) is 4.96. The zero-order valence-electron chi connectivity index (χ0n) is 9.53. The Bertz CT molecular complexity index is 127. The molecule has 1 N–H and O–H groups in total. The second-order valence-electron chi connectivity index (χ2n) is 3.59. The molecule has 0 spiro atoms. The maximum absolute atomic E-state index is 8.98. The van der Waals surface area contributed by atoms with Gasteiger partial charge in [0.05, 0.1) is 38.1 Å². The molecule has 0 aliphatic heterocycles. The van der Waals surface area contributed by atoms with E-state index in [4.69, 9.17) is 19.3 Å². The van der Waals surface area contributed by atoms with E-state index in [-0.39, 0.29) is 12.2 Å². The highest BCUT2D eigenvalue weighted by molar-refractivity contribution is 4.53. The van der Waals surface area contributed by atoms with E-state index in [1.807, 2.05) is 13.8 Å². The third-order valence-corrected chi connectivity index (χ3v) is 1.64. The number of rotatable bonds is 8. The molecule has 14 heavy (non-hydrogen) atoms. The van der Waals surface area contributed by atoms with Gasteiger partial charge in [0.25, 0.3) is 0 Å². The largest absolute Gasteiger partial charge is 0.391 e. The van der Waals surface area contributed by atoms with Crippen LogP contribution in [-0.4, -0.2) is 50.3 Å². The zero-order valence-corrected chi connectivity index (χ0v) is 9.53. The maximum atomic E-state index is 8.98. The minimum Gasteiger partial charge on any atom is -0.391 e. The molecule has 0 saturated carbocycles. The minimum atomic E-state index is -0.422. The van der Waals surface area contributed by atoms with Gasteiger partial charge in [-0.2, -0.15) is 0 Å². The van der Waals surface area contributed by atoms with Crippen molar-refractivity contribution in [2.45, 2.75) is 39.1 Å². The van der Waals surface area contributed by atoms with E-state index < -0.39 is 6.10 Å². The van der Waals surface area contributed by atoms with Gasteiger partial charge in [0.1, 0.15) is 0 Å². The average Bonchev–Trinajstić information content (AvgIpc) is 2.12. The molecule has 0 aromatic rings. The lowest BCUT2D eigenvalue weighted by atomic mass is 10.4. The van der Waals surface area contributed by atoms with Gasteiger partial charge in [0.2, 0.25) is 0 Å². The molecule has 0 unspecified atom stereocenters. The van der Waals surface area contributed by atoms with Gasteiger partial charge in [-0.1, -0.05) is 0 Å². The van der Waals surface area contributed by atoms with E-state index in [1.54, 1.807) is 14.0 Å². The van der Waals surface area contributed by atoms with E-state index in [0.717, 1.165) is 0 Å². The first-order chi connectivity index (χ1) is 6.56. The molecule has 3 atom stereocenters. The van der Waals surface area contributed by atoms with Crippen LogP contribution in [0.15, 0.2) is 0 Å². The Labute approximate surface area is 86.2 Å². The molecule has 0 heterocycles. The molecule has 4 heteroatoms. The predicted molar refractivity (Wildman–Crippen MR) is 54.4 cm³/mol. The standard InChI is InChI=1S/C10H22O4/c1-8(11)5-13-10(3)7-14-9(2)6-12-4/h8-11H,5-7H2,1-4H3/t8-,9-,10-/m1/s1. The summed E-state index contributed by atoms with van der Waals surface area (Å²) in [7, 11) is 1.65. The van der Waals surface area contributed by atoms with E-state index in [9.17, 15) is 0 Å². The van der Waals surface area contributed by atoms with Crippen LogP contribution in [0.4, 0.5) is 0 Å². The van der Waals surface area contributed by atoms with E-state index in [1.165, 1.54) is 0 Å². The molecule has 0 radical (unpaired) electrons. The Morgan fingerprint density at radius 2 is 1.43 bits per heavy atom. The van der Waals surface area contributed by atoms with Crippen LogP contribution in [0, 0.1) is 0 Å². The number of aliphatic hydroxyl groups is 1. The summed E-state index contributed by atoms with van der Waals surface area (Å²) in [4.78, 5) is 0. The fourth-order valence-corrected chi connectivity index (χ4v) is 0.934. The maximum Gasteiger partial charge on any atom is 0.0781 e. The van der Waals surface area contributed by atoms with Gasteiger partial charge in [-0.25, -0.2) is 0 Å². The summed E-state index contributed by atoms with van der Waals surface area (Å²) in [5.41, 5.74) is 0. The minimum absolute atomic E-state index is 0.00362. The van der Waals surface area contributed by atoms with Crippen LogP contribution in [0.25, 0.3) is 0 Å². The lowest BCUT2D eigenvalue weighted by molar-refractivity contribution is -0.0657. The molecule has 0 aliphatic rings. The molecule has 0 fully saturated rings. The molecule has 4 nitrogen and oxygen atoms in total. The van der Waals surface area contributed by atoms with Gasteiger partial charge in [0, 0.05) is 7.11 Å². The topological polar surface area (TPSA) is 47.9 Å². The number of ether oxygens (including phenoxy) is 3. The lowest BCUT2D eigenvalue weighted by Crippen LogP contribution is -2.25. The van der Waals surface area contributed by atoms with Crippen LogP contribution in [0.5, 0.6) is 0 Å². The molecular formula is C10H22O4. The summed E-state index contributed by atoms with van der Waals surface area (Å²) < 4.78 is 15.7. The van der Waals surface area contributed by atoms with Crippen molar-refractivity contribution in [1.82, 2.24) is 0 Å². The Morgan fingerprint density at radius 1 is 0.929 bits per heavy atom. The second kappa shape index (κ2) is 8.17. The summed E-state index contributed by atoms with van der Waals surface area (Å²) >= 11 is 0. The van der Waals surface area contributed by atoms with Crippen LogP contribution >= 0.6 is 0 Å². The summed E-state index contributed by atoms with van der Waals surface area (Å²) in [6.07, 6.45) is -0.338. The molecule has 0 rings (SSSR count). The van der Waals surface area contributed by atoms with Crippen molar-refractivity contribution >= 4 is 0 Å². The highest BCUT2D eigenvalue weighted by Gasteiger charge is 2.07. The highest BCUT2D eigenvalue weighted by Crippen LogP contribution is 1.98. The van der Waals surface area contributed by atoms with Gasteiger partial charge < -0.3 is 19.3 Å². The van der Waals surface area contributed by atoms with E-state index in [0.29, 0.717) is 19.8 Å². The van der Waals surface area contributed by atoms with Gasteiger partial charge in [-0.3, -0.25) is 0 Å². The van der Waals surface area contributed by atoms with Crippen LogP contribution in [0.1, 0.15) is 20.8 Å². The van der Waals surface area contributed by atoms with Crippen molar-refractivity contribution in [1.29, 1.82) is 0 Å². The van der Waals surface area contributed by atoms with Crippen LogP contribution in [0.3, 0.4) is 0 Å². The van der Waals surface area contributed by atoms with Crippen molar-refractivity contribution in [2.24, 2.45) is 0 Å². The van der Waals surface area contributed by atoms with Crippen molar-refractivity contribution in [3.63, 3.8) is 0 Å². The van der Waals surface area contributed by atoms with Crippen LogP contribution < -0.4 is 0 Å². The smallest absolute Gasteiger partial charge is 0.0781 e. The molecule has 0 saturated heterocycles. The molecular weight excluding hydrogens is 184 g/mol. The Kier molecular flexibility index (Phi) is 8.08. The zero-order chi connectivity index (χ0) is 11.0. The van der Waals surface area contributed by atoms with E-state index >= 15 is 0 Å². The highest BCUT2D eigenvalue weighted by atomic mass is 16.6. The quantitative estimate of drug-likeness (QED) is 0.639. The van der Waals surface area contributed by atoms with Crippen molar-refractivity contribution < 1.29 is 19.3 Å². The predicted octanol–water partition coefficient (Wildman–Crippen LogP) is 0.824. The van der Waals surface area contributed by atoms with Gasteiger partial charge in [0.15, 0.2) is 0 Å². The van der Waals surface area contributed by atoms with Gasteiger partial charge >= 0.3 is 0 Å². The monoisotopic (exact) mass is 206 g/mol. The Balaban J connectivity index is 3.38. The fraction of sp³-hybridized carbons (Fsp3) is 1.00. The molecule has 0 bridgehead atoms. The molecule has 86 valence electrons. The molecule has 0 aromatic carbocycles. The van der Waals surface area contributed by atoms with Gasteiger partial charge in [-0.15, -0.1) is 0 Å². The third kappa shape index (κ3) is 8.44. The van der Waals surface area contributed by atoms with E-state index in [2.05, 4.69) is 0 Å². The van der Waals surface area contributed by atoms with Gasteiger partial charge in [-0.05, 0) is 20.8 Å². The van der Waals surface area contributed by atoms with Crippen LogP contribution in [0.2, 0.25) is 0 Å². The average molecular weight is 206 g/mol. The number of hydrogen-bond donors (Lipinski definition) is 1. The number of hydrogen-bond acceptors (Lipinski definition) is 4. The summed E-state index contributed by atoms with van der Waals surface area (Å²) in [5.74, 6) is 0. The second-order valence-corrected chi connectivity index (χ2v) is 3.59. The SMILES string of the molecule is COC[C@@H](C)OC[C@@H](C)OC[C@@H](C)O. The Morgan fingerprint density at radius 3 is 1.93 bits per heavy atom. The van der Waals surface area contributed by atoms with Crippen molar-refractivity contribution in [2.75, 3.05) is 26.9 Å². The van der Waals surface area contributed by atoms with Crippen LogP contribution in [-0.2, 0) is 14.2 Å². The normalized spacial score (nSPS) is 17.8. The number of methoxy groups -OCH3 is 1.